The van der Waals surface area contributed by atoms with Crippen LogP contribution in [0, 0.1) is 0 Å². The number of carboxylic acid groups (broad SMARTS) is 1. The Hall–Kier alpha value is -3.93. The maximum Gasteiger partial charge on any atom is 0.311 e. The fourth-order valence-corrected chi connectivity index (χ4v) is 2.59. The molecule has 0 saturated heterocycles. The Bertz CT molecular complexity index is 1050. The Morgan fingerprint density at radius 2 is 1.54 bits per heavy atom. The molecule has 0 fully saturated rings. The highest BCUT2D eigenvalue weighted by atomic mass is 16.4. The Morgan fingerprint density at radius 1 is 0.893 bits per heavy atom. The fourth-order valence-electron chi connectivity index (χ4n) is 2.59. The van der Waals surface area contributed by atoms with Crippen LogP contribution in [0.3, 0.4) is 0 Å². The van der Waals surface area contributed by atoms with Gasteiger partial charge in [0.15, 0.2) is 5.78 Å². The van der Waals surface area contributed by atoms with Gasteiger partial charge in [0, 0.05) is 16.8 Å². The molecule has 1 aromatic heterocycles. The lowest BCUT2D eigenvalue weighted by Gasteiger charge is -1.96. The number of aliphatic carboxylic acids is 1. The number of anilines is 1. The number of benzene rings is 3. The van der Waals surface area contributed by atoms with Crippen LogP contribution in [-0.2, 0) is 4.79 Å². The van der Waals surface area contributed by atoms with E-state index < -0.39 is 12.4 Å². The lowest BCUT2D eigenvalue weighted by atomic mass is 10.1. The van der Waals surface area contributed by atoms with Crippen molar-refractivity contribution in [1.29, 1.82) is 0 Å². The van der Waals surface area contributed by atoms with E-state index in [0.29, 0.717) is 5.56 Å². The number of para-hydroxylation sites is 2. The number of nitrogen functional groups attached to an aromatic ring is 1. The van der Waals surface area contributed by atoms with Gasteiger partial charge in [-0.25, -0.2) is 4.98 Å². The van der Waals surface area contributed by atoms with Crippen molar-refractivity contribution in [2.45, 2.75) is 6.42 Å². The summed E-state index contributed by atoms with van der Waals surface area (Å²) in [5.74, 6) is -0.576. The number of carbonyl (C=O) groups is 2. The van der Waals surface area contributed by atoms with Gasteiger partial charge in [0.05, 0.1) is 11.0 Å². The first kappa shape index (κ1) is 18.8. The molecule has 0 amide bonds. The summed E-state index contributed by atoms with van der Waals surface area (Å²) >= 11 is 0. The van der Waals surface area contributed by atoms with Crippen LogP contribution in [0.1, 0.15) is 16.8 Å². The molecular weight excluding hydrogens is 354 g/mol. The maximum atomic E-state index is 11.1. The molecule has 0 atom stereocenters. The third-order valence-corrected chi connectivity index (χ3v) is 3.98. The Morgan fingerprint density at radius 3 is 2.18 bits per heavy atom. The molecule has 6 nitrogen and oxygen atoms in total. The normalized spacial score (nSPS) is 10.1. The van der Waals surface area contributed by atoms with Crippen LogP contribution in [0.15, 0.2) is 78.9 Å². The Balaban J connectivity index is 0.000000169. The number of hydrogen-bond donors (Lipinski definition) is 3. The van der Waals surface area contributed by atoms with Gasteiger partial charge < -0.3 is 15.8 Å². The van der Waals surface area contributed by atoms with Gasteiger partial charge in [-0.2, -0.15) is 0 Å². The number of hydrogen-bond acceptors (Lipinski definition) is 4. The van der Waals surface area contributed by atoms with Crippen LogP contribution in [0.5, 0.6) is 0 Å². The predicted molar refractivity (Wildman–Crippen MR) is 109 cm³/mol. The second-order valence-corrected chi connectivity index (χ2v) is 6.08. The summed E-state index contributed by atoms with van der Waals surface area (Å²) in [5, 5.41) is 8.32. The van der Waals surface area contributed by atoms with Crippen LogP contribution >= 0.6 is 0 Å². The number of Topliss-reactive ketones (excluding diaryl/α,β-unsaturated/α-hetero) is 1. The van der Waals surface area contributed by atoms with Crippen molar-refractivity contribution in [3.8, 4) is 11.4 Å². The third-order valence-electron chi connectivity index (χ3n) is 3.98. The van der Waals surface area contributed by atoms with Crippen LogP contribution in [0.2, 0.25) is 0 Å². The summed E-state index contributed by atoms with van der Waals surface area (Å²) in [7, 11) is 0. The maximum absolute atomic E-state index is 11.1. The van der Waals surface area contributed by atoms with Crippen molar-refractivity contribution in [3.05, 3.63) is 84.4 Å². The van der Waals surface area contributed by atoms with Gasteiger partial charge in [0.2, 0.25) is 0 Å². The molecule has 0 radical (unpaired) electrons. The van der Waals surface area contributed by atoms with E-state index >= 15 is 0 Å². The molecule has 4 N–H and O–H groups in total. The van der Waals surface area contributed by atoms with Crippen molar-refractivity contribution in [2.24, 2.45) is 0 Å². The summed E-state index contributed by atoms with van der Waals surface area (Å²) < 4.78 is 0. The van der Waals surface area contributed by atoms with E-state index in [0.717, 1.165) is 28.1 Å². The Kier molecular flexibility index (Phi) is 5.81. The summed E-state index contributed by atoms with van der Waals surface area (Å²) in [6, 6.07) is 24.1. The predicted octanol–water partition coefficient (Wildman–Crippen LogP) is 4.16. The van der Waals surface area contributed by atoms with E-state index in [1.54, 1.807) is 30.3 Å². The van der Waals surface area contributed by atoms with Crippen molar-refractivity contribution < 1.29 is 14.7 Å². The van der Waals surface area contributed by atoms with E-state index in [1.807, 2.05) is 48.5 Å². The average Bonchev–Trinajstić information content (AvgIpc) is 3.13. The van der Waals surface area contributed by atoms with E-state index in [-0.39, 0.29) is 5.78 Å². The van der Waals surface area contributed by atoms with Gasteiger partial charge in [0.1, 0.15) is 12.2 Å². The first-order valence-corrected chi connectivity index (χ1v) is 8.63. The van der Waals surface area contributed by atoms with Crippen LogP contribution < -0.4 is 5.73 Å². The highest BCUT2D eigenvalue weighted by molar-refractivity contribution is 6.05. The summed E-state index contributed by atoms with van der Waals surface area (Å²) in [6.45, 7) is 0. The lowest BCUT2D eigenvalue weighted by molar-refractivity contribution is -0.135. The molecular formula is C22H19N3O3. The number of H-pyrrole nitrogens is 1. The van der Waals surface area contributed by atoms with Gasteiger partial charge in [-0.15, -0.1) is 0 Å². The Labute approximate surface area is 161 Å². The number of fused-ring (bicyclic) bond motifs is 1. The zero-order valence-electron chi connectivity index (χ0n) is 15.0. The van der Waals surface area contributed by atoms with E-state index in [4.69, 9.17) is 10.8 Å². The first-order valence-electron chi connectivity index (χ1n) is 8.63. The molecule has 0 aliphatic carbocycles. The average molecular weight is 373 g/mol. The smallest absolute Gasteiger partial charge is 0.311 e. The van der Waals surface area contributed by atoms with E-state index in [2.05, 4.69) is 9.97 Å². The molecule has 0 spiro atoms. The van der Waals surface area contributed by atoms with Crippen molar-refractivity contribution in [3.63, 3.8) is 0 Å². The lowest BCUT2D eigenvalue weighted by Crippen LogP contribution is -2.06. The number of rotatable bonds is 4. The molecule has 0 aliphatic heterocycles. The molecule has 4 aromatic rings. The molecule has 0 aliphatic rings. The zero-order chi connectivity index (χ0) is 19.9. The number of ketones is 1. The molecule has 28 heavy (non-hydrogen) atoms. The molecule has 0 bridgehead atoms. The standard InChI is InChI=1S/C13H11N3.C9H8O3/c14-10-7-5-9(6-8-10)13-15-11-3-1-2-4-12(11)16-13;10-8(6-9(11)12)7-4-2-1-3-5-7/h1-8H,14H2,(H,15,16);1-5H,6H2,(H,11,12). The number of aromatic amines is 1. The van der Waals surface area contributed by atoms with Crippen molar-refractivity contribution in [2.75, 3.05) is 5.73 Å². The minimum Gasteiger partial charge on any atom is -0.481 e. The number of aromatic nitrogens is 2. The molecule has 140 valence electrons. The van der Waals surface area contributed by atoms with Gasteiger partial charge in [-0.05, 0) is 36.4 Å². The third kappa shape index (κ3) is 4.82. The van der Waals surface area contributed by atoms with Gasteiger partial charge in [-0.3, -0.25) is 9.59 Å². The van der Waals surface area contributed by atoms with Crippen molar-refractivity contribution in [1.82, 2.24) is 9.97 Å². The topological polar surface area (TPSA) is 109 Å². The fraction of sp³-hybridized carbons (Fsp3) is 0.0455. The summed E-state index contributed by atoms with van der Waals surface area (Å²) in [6.07, 6.45) is -0.440. The summed E-state index contributed by atoms with van der Waals surface area (Å²) in [5.41, 5.74) is 9.94. The van der Waals surface area contributed by atoms with Crippen LogP contribution in [0.25, 0.3) is 22.4 Å². The van der Waals surface area contributed by atoms with Gasteiger partial charge >= 0.3 is 5.97 Å². The number of nitrogens with two attached hydrogens (primary N) is 1. The zero-order valence-corrected chi connectivity index (χ0v) is 15.0. The molecule has 6 heteroatoms. The molecule has 0 unspecified atom stereocenters. The number of nitrogens with zero attached hydrogens (tertiary/aromatic N) is 1. The molecule has 1 heterocycles. The number of nitrogens with one attached hydrogen (secondary N) is 1. The number of carbonyl (C=O) groups excluding carboxylic acids is 1. The minimum atomic E-state index is -1.09. The SMILES string of the molecule is Nc1ccc(-c2nc3ccccc3[nH]2)cc1.O=C(O)CC(=O)c1ccccc1. The second kappa shape index (κ2) is 8.64. The van der Waals surface area contributed by atoms with Gasteiger partial charge in [-0.1, -0.05) is 42.5 Å². The van der Waals surface area contributed by atoms with Crippen LogP contribution in [0.4, 0.5) is 5.69 Å². The van der Waals surface area contributed by atoms with E-state index in [1.165, 1.54) is 0 Å². The minimum absolute atomic E-state index is 0.358. The largest absolute Gasteiger partial charge is 0.481 e. The summed E-state index contributed by atoms with van der Waals surface area (Å²) in [4.78, 5) is 29.0. The molecule has 0 saturated carbocycles. The number of imidazole rings is 1. The van der Waals surface area contributed by atoms with Crippen molar-refractivity contribution >= 4 is 28.5 Å². The quantitative estimate of drug-likeness (QED) is 0.283. The highest BCUT2D eigenvalue weighted by Crippen LogP contribution is 2.20. The van der Waals surface area contributed by atoms with E-state index in [9.17, 15) is 9.59 Å². The first-order chi connectivity index (χ1) is 13.5. The van der Waals surface area contributed by atoms with Crippen LogP contribution in [-0.4, -0.2) is 26.8 Å². The second-order valence-electron chi connectivity index (χ2n) is 6.08. The molecule has 3 aromatic carbocycles. The molecule has 4 rings (SSSR count). The van der Waals surface area contributed by atoms with Gasteiger partial charge in [0.25, 0.3) is 0 Å². The monoisotopic (exact) mass is 373 g/mol. The number of carboxylic acids is 1. The highest BCUT2D eigenvalue weighted by Gasteiger charge is 2.08.